The molecule has 5 heteroatoms. The number of aromatic nitrogens is 4. The lowest BCUT2D eigenvalue weighted by atomic mass is 9.98. The molecule has 0 unspecified atom stereocenters. The molecule has 0 aliphatic rings. The van der Waals surface area contributed by atoms with Gasteiger partial charge in [0.05, 0.1) is 33.8 Å². The average Bonchev–Trinajstić information content (AvgIpc) is 3.78. The summed E-state index contributed by atoms with van der Waals surface area (Å²) in [6.45, 7) is 0. The minimum Gasteiger partial charge on any atom is -0.507 e. The second kappa shape index (κ2) is 12.5. The summed E-state index contributed by atoms with van der Waals surface area (Å²) in [7, 11) is 0. The van der Waals surface area contributed by atoms with Crippen LogP contribution in [-0.4, -0.2) is 24.0 Å². The van der Waals surface area contributed by atoms with Gasteiger partial charge in [0.15, 0.2) is 0 Å². The normalized spacial score (nSPS) is 11.5. The van der Waals surface area contributed by atoms with E-state index in [0.717, 1.165) is 56.2 Å². The first-order valence-corrected chi connectivity index (χ1v) is 17.7. The Morgan fingerprint density at radius 1 is 0.434 bits per heavy atom. The van der Waals surface area contributed by atoms with Crippen molar-refractivity contribution >= 4 is 27.5 Å². The number of hydrogen-bond acceptors (Lipinski definition) is 3. The predicted octanol–water partition coefficient (Wildman–Crippen LogP) is 11.9. The molecular formula is C48H32N4O. The number of imidazole rings is 1. The van der Waals surface area contributed by atoms with Gasteiger partial charge in [0, 0.05) is 44.9 Å². The van der Waals surface area contributed by atoms with Gasteiger partial charge >= 0.3 is 0 Å². The van der Waals surface area contributed by atoms with Crippen molar-refractivity contribution < 1.29 is 5.11 Å². The highest BCUT2D eigenvalue weighted by Crippen LogP contribution is 2.39. The number of phenolic OH excluding ortho intramolecular Hbond substituents is 1. The maximum absolute atomic E-state index is 10.8. The zero-order chi connectivity index (χ0) is 35.3. The van der Waals surface area contributed by atoms with Gasteiger partial charge in [-0.05, 0) is 77.9 Å². The third-order valence-electron chi connectivity index (χ3n) is 10.0. The van der Waals surface area contributed by atoms with E-state index < -0.39 is 0 Å². The summed E-state index contributed by atoms with van der Waals surface area (Å²) in [6, 6.07) is 62.4. The zero-order valence-corrected chi connectivity index (χ0v) is 28.6. The van der Waals surface area contributed by atoms with Crippen molar-refractivity contribution in [3.8, 4) is 67.6 Å². The molecule has 1 N–H and O–H groups in total. The third-order valence-corrected chi connectivity index (χ3v) is 10.0. The molecule has 0 bridgehead atoms. The topological polar surface area (TPSA) is 55.4 Å². The molecule has 250 valence electrons. The zero-order valence-electron chi connectivity index (χ0n) is 28.6. The van der Waals surface area contributed by atoms with Crippen LogP contribution in [0.1, 0.15) is 0 Å². The fourth-order valence-electron chi connectivity index (χ4n) is 7.60. The van der Waals surface area contributed by atoms with E-state index in [1.165, 1.54) is 21.8 Å². The van der Waals surface area contributed by atoms with Gasteiger partial charge in [-0.3, -0.25) is 4.40 Å². The van der Waals surface area contributed by atoms with Crippen LogP contribution in [0.15, 0.2) is 188 Å². The average molecular weight is 681 g/mol. The Labute approximate surface area is 306 Å². The Hall–Kier alpha value is -7.24. The number of phenols is 1. The van der Waals surface area contributed by atoms with Gasteiger partial charge in [-0.15, -0.1) is 0 Å². The van der Waals surface area contributed by atoms with E-state index in [1.54, 1.807) is 6.07 Å². The standard InChI is InChI=1S/C48H32N4O/c53-45-25-9-6-22-40(45)42-31-36(32-14-2-1-3-15-32)30-41(49-42)33-16-12-17-34(28-33)47-48(51-27-11-10-26-46(51)50-47)35-18-13-19-37(29-35)52-43-23-7-4-20-38(43)39-21-5-8-24-44(39)52/h1-31,53H. The summed E-state index contributed by atoms with van der Waals surface area (Å²) < 4.78 is 4.53. The molecule has 4 heterocycles. The first kappa shape index (κ1) is 30.6. The largest absolute Gasteiger partial charge is 0.507 e. The van der Waals surface area contributed by atoms with E-state index in [1.807, 2.05) is 48.5 Å². The summed E-state index contributed by atoms with van der Waals surface area (Å²) in [6.07, 6.45) is 2.08. The molecule has 0 amide bonds. The lowest BCUT2D eigenvalue weighted by Crippen LogP contribution is -1.96. The van der Waals surface area contributed by atoms with Crippen LogP contribution in [0.3, 0.4) is 0 Å². The van der Waals surface area contributed by atoms with Crippen LogP contribution in [0.5, 0.6) is 5.75 Å². The summed E-state index contributed by atoms with van der Waals surface area (Å²) in [5.41, 5.74) is 13.5. The van der Waals surface area contributed by atoms with E-state index in [4.69, 9.17) is 9.97 Å². The number of fused-ring (bicyclic) bond motifs is 4. The van der Waals surface area contributed by atoms with Gasteiger partial charge in [0.1, 0.15) is 11.4 Å². The molecule has 0 aliphatic carbocycles. The van der Waals surface area contributed by atoms with Crippen molar-refractivity contribution in [2.75, 3.05) is 0 Å². The quantitative estimate of drug-likeness (QED) is 0.190. The van der Waals surface area contributed by atoms with Crippen molar-refractivity contribution in [1.29, 1.82) is 0 Å². The van der Waals surface area contributed by atoms with Crippen molar-refractivity contribution in [2.45, 2.75) is 0 Å². The second-order valence-electron chi connectivity index (χ2n) is 13.2. The summed E-state index contributed by atoms with van der Waals surface area (Å²) in [5, 5.41) is 13.3. The molecule has 0 saturated carbocycles. The predicted molar refractivity (Wildman–Crippen MR) is 216 cm³/mol. The molecule has 0 atom stereocenters. The second-order valence-corrected chi connectivity index (χ2v) is 13.2. The number of para-hydroxylation sites is 3. The van der Waals surface area contributed by atoms with Crippen LogP contribution in [0, 0.1) is 0 Å². The molecule has 5 nitrogen and oxygen atoms in total. The molecule has 0 saturated heterocycles. The Morgan fingerprint density at radius 3 is 1.89 bits per heavy atom. The fourth-order valence-corrected chi connectivity index (χ4v) is 7.60. The molecule has 10 aromatic rings. The number of nitrogens with zero attached hydrogens (tertiary/aromatic N) is 4. The first-order chi connectivity index (χ1) is 26.2. The molecule has 10 rings (SSSR count). The number of rotatable bonds is 6. The van der Waals surface area contributed by atoms with Crippen LogP contribution in [0.25, 0.3) is 89.3 Å². The highest BCUT2D eigenvalue weighted by molar-refractivity contribution is 6.09. The van der Waals surface area contributed by atoms with E-state index in [0.29, 0.717) is 11.3 Å². The Morgan fingerprint density at radius 2 is 1.08 bits per heavy atom. The number of hydrogen-bond donors (Lipinski definition) is 1. The van der Waals surface area contributed by atoms with Crippen molar-refractivity contribution in [2.24, 2.45) is 0 Å². The molecule has 0 aliphatic heterocycles. The van der Waals surface area contributed by atoms with Crippen LogP contribution < -0.4 is 0 Å². The number of aromatic hydroxyl groups is 1. The molecule has 0 fully saturated rings. The summed E-state index contributed by atoms with van der Waals surface area (Å²) in [5.74, 6) is 0.197. The smallest absolute Gasteiger partial charge is 0.137 e. The maximum atomic E-state index is 10.8. The van der Waals surface area contributed by atoms with Gasteiger partial charge in [-0.2, -0.15) is 0 Å². The minimum absolute atomic E-state index is 0.197. The van der Waals surface area contributed by atoms with Gasteiger partial charge in [-0.1, -0.05) is 115 Å². The van der Waals surface area contributed by atoms with E-state index in [-0.39, 0.29) is 5.75 Å². The minimum atomic E-state index is 0.197. The van der Waals surface area contributed by atoms with Gasteiger partial charge in [-0.25, -0.2) is 9.97 Å². The van der Waals surface area contributed by atoms with Crippen LogP contribution in [0.4, 0.5) is 0 Å². The van der Waals surface area contributed by atoms with E-state index in [9.17, 15) is 5.11 Å². The molecule has 4 aromatic heterocycles. The van der Waals surface area contributed by atoms with Gasteiger partial charge in [0.25, 0.3) is 0 Å². The van der Waals surface area contributed by atoms with Crippen molar-refractivity contribution in [1.82, 2.24) is 18.9 Å². The molecular weight excluding hydrogens is 649 g/mol. The molecule has 53 heavy (non-hydrogen) atoms. The van der Waals surface area contributed by atoms with E-state index >= 15 is 0 Å². The summed E-state index contributed by atoms with van der Waals surface area (Å²) >= 11 is 0. The maximum Gasteiger partial charge on any atom is 0.137 e. The van der Waals surface area contributed by atoms with Crippen molar-refractivity contribution in [3.63, 3.8) is 0 Å². The Balaban J connectivity index is 1.14. The first-order valence-electron chi connectivity index (χ1n) is 17.7. The van der Waals surface area contributed by atoms with Gasteiger partial charge < -0.3 is 9.67 Å². The molecule has 6 aromatic carbocycles. The highest BCUT2D eigenvalue weighted by Gasteiger charge is 2.19. The number of benzene rings is 6. The summed E-state index contributed by atoms with van der Waals surface area (Å²) in [4.78, 5) is 10.4. The monoisotopic (exact) mass is 680 g/mol. The van der Waals surface area contributed by atoms with Crippen LogP contribution >= 0.6 is 0 Å². The van der Waals surface area contributed by atoms with Crippen molar-refractivity contribution in [3.05, 3.63) is 188 Å². The lowest BCUT2D eigenvalue weighted by molar-refractivity contribution is 0.477. The highest BCUT2D eigenvalue weighted by atomic mass is 16.3. The van der Waals surface area contributed by atoms with Crippen LogP contribution in [-0.2, 0) is 0 Å². The molecule has 0 radical (unpaired) electrons. The lowest BCUT2D eigenvalue weighted by Gasteiger charge is -2.13. The Bertz CT molecular complexity index is 2920. The van der Waals surface area contributed by atoms with Crippen LogP contribution in [0.2, 0.25) is 0 Å². The molecule has 0 spiro atoms. The SMILES string of the molecule is Oc1ccccc1-c1cc(-c2ccccc2)cc(-c2cccc(-c3nc4ccccn4c3-c3cccc(-n4c5ccccc5c5ccccc54)c3)c2)n1. The Kier molecular flexibility index (Phi) is 7.22. The van der Waals surface area contributed by atoms with Gasteiger partial charge in [0.2, 0.25) is 0 Å². The fraction of sp³-hybridized carbons (Fsp3) is 0. The third kappa shape index (κ3) is 5.26. The number of pyridine rings is 2. The van der Waals surface area contributed by atoms with E-state index in [2.05, 4.69) is 143 Å².